The first-order valence-corrected chi connectivity index (χ1v) is 14.0. The Labute approximate surface area is 230 Å². The summed E-state index contributed by atoms with van der Waals surface area (Å²) in [5.41, 5.74) is 7.50. The lowest BCUT2D eigenvalue weighted by atomic mass is 9.87. The molecule has 1 atom stereocenters. The Bertz CT molecular complexity index is 1110. The fourth-order valence-corrected chi connectivity index (χ4v) is 5.47. The highest BCUT2D eigenvalue weighted by molar-refractivity contribution is 5.76. The molecule has 0 unspecified atom stereocenters. The number of nitrogens with zero attached hydrogens (tertiary/aromatic N) is 3. The van der Waals surface area contributed by atoms with Crippen LogP contribution in [0.2, 0.25) is 0 Å². The molecule has 0 spiro atoms. The molecule has 0 radical (unpaired) electrons. The Balaban J connectivity index is 1.19. The van der Waals surface area contributed by atoms with Crippen LogP contribution in [0, 0.1) is 0 Å². The van der Waals surface area contributed by atoms with E-state index in [-0.39, 0.29) is 23.1 Å². The molecule has 2 aliphatic rings. The molecule has 2 aliphatic heterocycles. The second-order valence-electron chi connectivity index (χ2n) is 11.9. The van der Waals surface area contributed by atoms with Crippen molar-refractivity contribution < 1.29 is 18.0 Å². The fourth-order valence-electron chi connectivity index (χ4n) is 5.47. The molecule has 3 N–H and O–H groups in total. The second kappa shape index (κ2) is 12.1. The van der Waals surface area contributed by atoms with Crippen molar-refractivity contribution >= 4 is 23.0 Å². The molecule has 2 aromatic rings. The highest BCUT2D eigenvalue weighted by Crippen LogP contribution is 2.35. The molecule has 6 nitrogen and oxygen atoms in total. The average molecular weight is 546 g/mol. The van der Waals surface area contributed by atoms with Crippen molar-refractivity contribution in [3.63, 3.8) is 0 Å². The minimum Gasteiger partial charge on any atom is -0.398 e. The molecule has 0 saturated carbocycles. The van der Waals surface area contributed by atoms with Gasteiger partial charge in [0.05, 0.1) is 5.56 Å². The van der Waals surface area contributed by atoms with E-state index in [0.717, 1.165) is 51.6 Å². The van der Waals surface area contributed by atoms with Crippen LogP contribution in [0.25, 0.3) is 0 Å². The van der Waals surface area contributed by atoms with E-state index < -0.39 is 11.7 Å². The van der Waals surface area contributed by atoms with Gasteiger partial charge in [-0.25, -0.2) is 0 Å². The van der Waals surface area contributed by atoms with Crippen LogP contribution >= 0.6 is 0 Å². The molecular formula is C30H42F3N5O. The lowest BCUT2D eigenvalue weighted by Crippen LogP contribution is -2.33. The topological polar surface area (TPSA) is 64.8 Å². The number of hydrogen-bond acceptors (Lipinski definition) is 5. The van der Waals surface area contributed by atoms with Crippen LogP contribution in [0.15, 0.2) is 42.5 Å². The van der Waals surface area contributed by atoms with Crippen molar-refractivity contribution in [2.75, 3.05) is 61.8 Å². The molecule has 9 heteroatoms. The standard InChI is InChI=1S/C30H42F3N5O/c1-29(2,3)22-7-10-25(11-8-22)37-16-5-15-36(18-19-37)14-4-6-28(39)38-17-13-24(21-38)35-23-9-12-27(34)26(20-23)30(31,32)33/h7-12,20,24,35H,4-6,13-19,21,34H2,1-3H3/t24-/m1/s1. The predicted molar refractivity (Wildman–Crippen MR) is 152 cm³/mol. The van der Waals surface area contributed by atoms with Gasteiger partial charge < -0.3 is 25.8 Å². The van der Waals surface area contributed by atoms with Crippen LogP contribution < -0.4 is 16.0 Å². The van der Waals surface area contributed by atoms with Gasteiger partial charge in [-0.1, -0.05) is 32.9 Å². The first-order chi connectivity index (χ1) is 18.4. The van der Waals surface area contributed by atoms with E-state index in [1.165, 1.54) is 17.3 Å². The summed E-state index contributed by atoms with van der Waals surface area (Å²) < 4.78 is 39.5. The van der Waals surface area contributed by atoms with Gasteiger partial charge >= 0.3 is 6.18 Å². The van der Waals surface area contributed by atoms with Gasteiger partial charge in [0.25, 0.3) is 0 Å². The van der Waals surface area contributed by atoms with E-state index in [4.69, 9.17) is 5.73 Å². The summed E-state index contributed by atoms with van der Waals surface area (Å²) in [6.07, 6.45) is -1.41. The molecule has 2 fully saturated rings. The minimum absolute atomic E-state index is 0.0762. The molecule has 0 aromatic heterocycles. The van der Waals surface area contributed by atoms with E-state index >= 15 is 0 Å². The van der Waals surface area contributed by atoms with Gasteiger partial charge in [-0.2, -0.15) is 13.2 Å². The number of nitrogens with two attached hydrogens (primary N) is 1. The SMILES string of the molecule is CC(C)(C)c1ccc(N2CCCN(CCCC(=O)N3CC[C@@H](Nc4ccc(N)c(C(F)(F)F)c4)C3)CC2)cc1. The third kappa shape index (κ3) is 7.81. The maximum atomic E-state index is 13.2. The summed E-state index contributed by atoms with van der Waals surface area (Å²) in [5, 5.41) is 3.15. The molecule has 0 aliphatic carbocycles. The first-order valence-electron chi connectivity index (χ1n) is 14.0. The lowest BCUT2D eigenvalue weighted by molar-refractivity contribution is -0.137. The molecule has 0 bridgehead atoms. The minimum atomic E-state index is -4.50. The van der Waals surface area contributed by atoms with Crippen molar-refractivity contribution in [3.8, 4) is 0 Å². The zero-order chi connectivity index (χ0) is 28.2. The maximum absolute atomic E-state index is 13.2. The van der Waals surface area contributed by atoms with E-state index in [0.29, 0.717) is 31.6 Å². The van der Waals surface area contributed by atoms with Crippen molar-refractivity contribution in [3.05, 3.63) is 53.6 Å². The summed E-state index contributed by atoms with van der Waals surface area (Å²) >= 11 is 0. The number of rotatable bonds is 7. The molecule has 2 heterocycles. The van der Waals surface area contributed by atoms with E-state index in [9.17, 15) is 18.0 Å². The van der Waals surface area contributed by atoms with Crippen molar-refractivity contribution in [1.29, 1.82) is 0 Å². The molecule has 1 amide bonds. The van der Waals surface area contributed by atoms with Crippen molar-refractivity contribution in [2.45, 2.75) is 64.1 Å². The Morgan fingerprint density at radius 2 is 1.74 bits per heavy atom. The second-order valence-corrected chi connectivity index (χ2v) is 11.9. The highest BCUT2D eigenvalue weighted by atomic mass is 19.4. The van der Waals surface area contributed by atoms with Crippen LogP contribution in [0.4, 0.5) is 30.2 Å². The normalized spacial score (nSPS) is 19.3. The van der Waals surface area contributed by atoms with Gasteiger partial charge in [0.2, 0.25) is 5.91 Å². The van der Waals surface area contributed by atoms with Gasteiger partial charge in [0.15, 0.2) is 0 Å². The third-order valence-electron chi connectivity index (χ3n) is 7.82. The van der Waals surface area contributed by atoms with E-state index in [2.05, 4.69) is 60.2 Å². The quantitative estimate of drug-likeness (QED) is 0.444. The first kappa shape index (κ1) is 29.1. The number of carbonyl (C=O) groups excluding carboxylic acids is 1. The Kier molecular flexibility index (Phi) is 8.99. The van der Waals surface area contributed by atoms with E-state index in [1.807, 2.05) is 4.90 Å². The number of anilines is 3. The molecule has 214 valence electrons. The number of alkyl halides is 3. The summed E-state index contributed by atoms with van der Waals surface area (Å²) in [6.45, 7) is 12.7. The largest absolute Gasteiger partial charge is 0.418 e. The molecule has 2 aromatic carbocycles. The monoisotopic (exact) mass is 545 g/mol. The molecule has 4 rings (SSSR count). The molecule has 2 saturated heterocycles. The zero-order valence-electron chi connectivity index (χ0n) is 23.4. The van der Waals surface area contributed by atoms with Gasteiger partial charge in [-0.3, -0.25) is 4.79 Å². The van der Waals surface area contributed by atoms with Crippen LogP contribution in [-0.2, 0) is 16.4 Å². The number of likely N-dealkylation sites (tertiary alicyclic amines) is 1. The number of carbonyl (C=O) groups is 1. The average Bonchev–Trinajstić information content (AvgIpc) is 3.21. The zero-order valence-corrected chi connectivity index (χ0v) is 23.4. The summed E-state index contributed by atoms with van der Waals surface area (Å²) in [7, 11) is 0. The summed E-state index contributed by atoms with van der Waals surface area (Å²) in [4.78, 5) is 19.5. The Hall–Kier alpha value is -2.94. The van der Waals surface area contributed by atoms with Crippen LogP contribution in [0.1, 0.15) is 57.6 Å². The van der Waals surface area contributed by atoms with Gasteiger partial charge in [0, 0.05) is 62.2 Å². The Morgan fingerprint density at radius 3 is 2.44 bits per heavy atom. The number of amides is 1. The van der Waals surface area contributed by atoms with Crippen LogP contribution in [0.3, 0.4) is 0 Å². The smallest absolute Gasteiger partial charge is 0.398 e. The van der Waals surface area contributed by atoms with Crippen LogP contribution in [-0.4, -0.2) is 67.6 Å². The molecule has 39 heavy (non-hydrogen) atoms. The maximum Gasteiger partial charge on any atom is 0.418 e. The number of halogens is 3. The number of nitrogens with one attached hydrogen (secondary N) is 1. The van der Waals surface area contributed by atoms with Crippen molar-refractivity contribution in [1.82, 2.24) is 9.80 Å². The van der Waals surface area contributed by atoms with Crippen LogP contribution in [0.5, 0.6) is 0 Å². The predicted octanol–water partition coefficient (Wildman–Crippen LogP) is 5.59. The fraction of sp³-hybridized carbons (Fsp3) is 0.567. The lowest BCUT2D eigenvalue weighted by Gasteiger charge is -2.25. The summed E-state index contributed by atoms with van der Waals surface area (Å²) in [5.74, 6) is 0.114. The van der Waals surface area contributed by atoms with Gasteiger partial charge in [0.1, 0.15) is 0 Å². The van der Waals surface area contributed by atoms with Gasteiger partial charge in [-0.05, 0) is 73.7 Å². The van der Waals surface area contributed by atoms with Crippen molar-refractivity contribution in [2.24, 2.45) is 0 Å². The highest BCUT2D eigenvalue weighted by Gasteiger charge is 2.33. The third-order valence-corrected chi connectivity index (χ3v) is 7.82. The number of benzene rings is 2. The summed E-state index contributed by atoms with van der Waals surface area (Å²) in [6, 6.07) is 12.7. The van der Waals surface area contributed by atoms with E-state index in [1.54, 1.807) is 6.07 Å². The number of nitrogen functional groups attached to an aromatic ring is 1. The van der Waals surface area contributed by atoms with Gasteiger partial charge in [-0.15, -0.1) is 0 Å². The molecular weight excluding hydrogens is 503 g/mol. The Morgan fingerprint density at radius 1 is 1.00 bits per heavy atom. The number of hydrogen-bond donors (Lipinski definition) is 2.